The number of benzene rings is 2. The van der Waals surface area contributed by atoms with Gasteiger partial charge in [0.05, 0.1) is 12.3 Å². The van der Waals surface area contributed by atoms with Crippen molar-refractivity contribution in [2.75, 3.05) is 11.9 Å². The summed E-state index contributed by atoms with van der Waals surface area (Å²) in [5.41, 5.74) is 2.02. The number of halogens is 1. The van der Waals surface area contributed by atoms with Crippen molar-refractivity contribution in [3.05, 3.63) is 70.4 Å². The number of aromatic nitrogens is 1. The molecule has 0 atom stereocenters. The zero-order valence-corrected chi connectivity index (χ0v) is 15.6. The quantitative estimate of drug-likeness (QED) is 0.648. The molecule has 5 nitrogen and oxygen atoms in total. The van der Waals surface area contributed by atoms with Crippen molar-refractivity contribution < 1.29 is 18.7 Å². The van der Waals surface area contributed by atoms with E-state index in [1.54, 1.807) is 13.8 Å². The zero-order chi connectivity index (χ0) is 19.4. The number of nitrogens with zero attached hydrogens (tertiary/aromatic N) is 1. The van der Waals surface area contributed by atoms with Crippen LogP contribution < -0.4 is 5.32 Å². The summed E-state index contributed by atoms with van der Waals surface area (Å²) in [5.74, 6) is -1.49. The number of hydrogen-bond acceptors (Lipinski definition) is 5. The molecule has 2 aromatic carbocycles. The molecular formula is C20H17FN2O3S. The van der Waals surface area contributed by atoms with Gasteiger partial charge in [-0.15, -0.1) is 0 Å². The largest absolute Gasteiger partial charge is 0.462 e. The predicted octanol–water partition coefficient (Wildman–Crippen LogP) is 4.69. The van der Waals surface area contributed by atoms with E-state index in [2.05, 4.69) is 10.3 Å². The number of hydrogen-bond donors (Lipinski definition) is 1. The maximum absolute atomic E-state index is 13.5. The Labute approximate surface area is 159 Å². The monoisotopic (exact) mass is 384 g/mol. The van der Waals surface area contributed by atoms with E-state index in [4.69, 9.17) is 4.74 Å². The number of nitrogens with one attached hydrogen (secondary N) is 1. The number of ether oxygens (including phenoxy) is 1. The average molecular weight is 384 g/mol. The number of thiazole rings is 1. The molecule has 27 heavy (non-hydrogen) atoms. The van der Waals surface area contributed by atoms with Crippen molar-refractivity contribution in [2.45, 2.75) is 13.8 Å². The highest BCUT2D eigenvalue weighted by molar-refractivity contribution is 7.18. The zero-order valence-electron chi connectivity index (χ0n) is 14.8. The van der Waals surface area contributed by atoms with E-state index in [0.717, 1.165) is 16.9 Å². The van der Waals surface area contributed by atoms with Crippen LogP contribution >= 0.6 is 11.3 Å². The maximum atomic E-state index is 13.5. The molecular weight excluding hydrogens is 367 g/mol. The lowest BCUT2D eigenvalue weighted by Gasteiger charge is -2.05. The minimum absolute atomic E-state index is 0.212. The second kappa shape index (κ2) is 8.09. The molecule has 0 unspecified atom stereocenters. The highest BCUT2D eigenvalue weighted by atomic mass is 32.1. The molecule has 1 aromatic heterocycles. The Morgan fingerprint density at radius 1 is 1.19 bits per heavy atom. The van der Waals surface area contributed by atoms with Crippen LogP contribution in [-0.4, -0.2) is 23.5 Å². The maximum Gasteiger partial charge on any atom is 0.350 e. The fourth-order valence-electron chi connectivity index (χ4n) is 2.50. The number of amides is 1. The highest BCUT2D eigenvalue weighted by Crippen LogP contribution is 2.32. The van der Waals surface area contributed by atoms with Gasteiger partial charge in [0.1, 0.15) is 10.7 Å². The summed E-state index contributed by atoms with van der Waals surface area (Å²) < 4.78 is 18.6. The number of rotatable bonds is 5. The van der Waals surface area contributed by atoms with E-state index in [1.807, 2.05) is 30.3 Å². The van der Waals surface area contributed by atoms with Gasteiger partial charge in [-0.25, -0.2) is 14.2 Å². The number of esters is 1. The van der Waals surface area contributed by atoms with Gasteiger partial charge in [-0.1, -0.05) is 47.7 Å². The number of carbonyl (C=O) groups excluding carboxylic acids is 2. The minimum Gasteiger partial charge on any atom is -0.462 e. The van der Waals surface area contributed by atoms with Gasteiger partial charge in [-0.2, -0.15) is 0 Å². The average Bonchev–Trinajstić information content (AvgIpc) is 3.08. The molecule has 0 radical (unpaired) electrons. The van der Waals surface area contributed by atoms with E-state index < -0.39 is 17.7 Å². The van der Waals surface area contributed by atoms with Crippen molar-refractivity contribution in [3.8, 4) is 11.3 Å². The topological polar surface area (TPSA) is 68.3 Å². The van der Waals surface area contributed by atoms with E-state index in [0.29, 0.717) is 16.1 Å². The molecule has 7 heteroatoms. The number of aryl methyl sites for hydroxylation is 1. The molecule has 3 rings (SSSR count). The summed E-state index contributed by atoms with van der Waals surface area (Å²) in [6.45, 7) is 3.67. The first-order chi connectivity index (χ1) is 13.0. The molecule has 0 spiro atoms. The van der Waals surface area contributed by atoms with Crippen molar-refractivity contribution in [1.29, 1.82) is 0 Å². The van der Waals surface area contributed by atoms with Crippen LogP contribution in [-0.2, 0) is 4.74 Å². The normalized spacial score (nSPS) is 10.5. The van der Waals surface area contributed by atoms with Crippen LogP contribution in [0.25, 0.3) is 11.3 Å². The van der Waals surface area contributed by atoms with Crippen molar-refractivity contribution in [2.24, 2.45) is 0 Å². The third kappa shape index (κ3) is 4.20. The fraction of sp³-hybridized carbons (Fsp3) is 0.150. The summed E-state index contributed by atoms with van der Waals surface area (Å²) in [7, 11) is 0. The van der Waals surface area contributed by atoms with Gasteiger partial charge in [0, 0.05) is 11.1 Å². The molecule has 0 saturated heterocycles. The van der Waals surface area contributed by atoms with Gasteiger partial charge in [0.25, 0.3) is 5.91 Å². The van der Waals surface area contributed by atoms with Crippen LogP contribution in [0.3, 0.4) is 0 Å². The van der Waals surface area contributed by atoms with Gasteiger partial charge >= 0.3 is 5.97 Å². The lowest BCUT2D eigenvalue weighted by molar-refractivity contribution is 0.0532. The Morgan fingerprint density at radius 2 is 1.93 bits per heavy atom. The summed E-state index contributed by atoms with van der Waals surface area (Å²) in [4.78, 5) is 29.5. The van der Waals surface area contributed by atoms with E-state index >= 15 is 0 Å². The Balaban J connectivity index is 1.95. The third-order valence-electron chi connectivity index (χ3n) is 3.80. The fourth-order valence-corrected chi connectivity index (χ4v) is 3.38. The third-order valence-corrected chi connectivity index (χ3v) is 4.75. The molecule has 0 aliphatic heterocycles. The molecule has 0 bridgehead atoms. The molecule has 1 N–H and O–H groups in total. The van der Waals surface area contributed by atoms with E-state index in [1.165, 1.54) is 18.2 Å². The first-order valence-electron chi connectivity index (χ1n) is 8.30. The van der Waals surface area contributed by atoms with Crippen LogP contribution in [0.4, 0.5) is 9.52 Å². The molecule has 0 fully saturated rings. The summed E-state index contributed by atoms with van der Waals surface area (Å²) in [5, 5.41) is 2.89. The molecule has 1 amide bonds. The van der Waals surface area contributed by atoms with Gasteiger partial charge in [-0.05, 0) is 31.5 Å². The Hall–Kier alpha value is -3.06. The SMILES string of the molecule is CCOC(=O)c1sc(NC(=O)c2cc(F)ccc2C)nc1-c1ccccc1. The predicted molar refractivity (Wildman–Crippen MR) is 103 cm³/mol. The van der Waals surface area contributed by atoms with Crippen molar-refractivity contribution in [1.82, 2.24) is 4.98 Å². The Bertz CT molecular complexity index is 986. The Kier molecular flexibility index (Phi) is 5.61. The molecule has 0 saturated carbocycles. The second-order valence-electron chi connectivity index (χ2n) is 5.70. The first kappa shape index (κ1) is 18.7. The second-order valence-corrected chi connectivity index (χ2v) is 6.70. The van der Waals surface area contributed by atoms with Crippen LogP contribution in [0.15, 0.2) is 48.5 Å². The summed E-state index contributed by atoms with van der Waals surface area (Å²) in [6, 6.07) is 13.2. The van der Waals surface area contributed by atoms with Crippen molar-refractivity contribution >= 4 is 28.3 Å². The van der Waals surface area contributed by atoms with Crippen LogP contribution in [0, 0.1) is 12.7 Å². The standard InChI is InChI=1S/C20H17FN2O3S/c1-3-26-19(25)17-16(13-7-5-4-6-8-13)22-20(27-17)23-18(24)15-11-14(21)10-9-12(15)2/h4-11H,3H2,1-2H3,(H,22,23,24). The van der Waals surface area contributed by atoms with Crippen molar-refractivity contribution in [3.63, 3.8) is 0 Å². The summed E-state index contributed by atoms with van der Waals surface area (Å²) >= 11 is 1.02. The number of anilines is 1. The van der Waals surface area contributed by atoms with Crippen LogP contribution in [0.2, 0.25) is 0 Å². The molecule has 3 aromatic rings. The van der Waals surface area contributed by atoms with Gasteiger partial charge < -0.3 is 4.74 Å². The highest BCUT2D eigenvalue weighted by Gasteiger charge is 2.22. The lowest BCUT2D eigenvalue weighted by atomic mass is 10.1. The van der Waals surface area contributed by atoms with E-state index in [-0.39, 0.29) is 17.3 Å². The first-order valence-corrected chi connectivity index (χ1v) is 9.12. The van der Waals surface area contributed by atoms with Gasteiger partial charge in [0.2, 0.25) is 0 Å². The van der Waals surface area contributed by atoms with Crippen LogP contribution in [0.1, 0.15) is 32.5 Å². The Morgan fingerprint density at radius 3 is 2.63 bits per heavy atom. The molecule has 0 aliphatic carbocycles. The molecule has 0 aliphatic rings. The molecule has 138 valence electrons. The number of carbonyl (C=O) groups is 2. The van der Waals surface area contributed by atoms with Gasteiger partial charge in [-0.3, -0.25) is 10.1 Å². The summed E-state index contributed by atoms with van der Waals surface area (Å²) in [6.07, 6.45) is 0. The smallest absolute Gasteiger partial charge is 0.350 e. The molecule has 1 heterocycles. The van der Waals surface area contributed by atoms with Crippen LogP contribution in [0.5, 0.6) is 0 Å². The van der Waals surface area contributed by atoms with Gasteiger partial charge in [0.15, 0.2) is 5.13 Å². The van der Waals surface area contributed by atoms with E-state index in [9.17, 15) is 14.0 Å². The minimum atomic E-state index is -0.503. The lowest BCUT2D eigenvalue weighted by Crippen LogP contribution is -2.13.